The molecule has 1 aromatic rings. The van der Waals surface area contributed by atoms with Crippen molar-refractivity contribution >= 4 is 12.0 Å². The summed E-state index contributed by atoms with van der Waals surface area (Å²) in [7, 11) is 0. The lowest BCUT2D eigenvalue weighted by molar-refractivity contribution is -0.136. The zero-order valence-corrected chi connectivity index (χ0v) is 12.8. The van der Waals surface area contributed by atoms with Gasteiger partial charge in [-0.25, -0.2) is 4.79 Å². The summed E-state index contributed by atoms with van der Waals surface area (Å²) in [6, 6.07) is 7.75. The molecule has 116 valence electrons. The molecule has 3 N–H and O–H groups in total. The van der Waals surface area contributed by atoms with Crippen LogP contribution in [0.3, 0.4) is 0 Å². The summed E-state index contributed by atoms with van der Waals surface area (Å²) in [6.07, 6.45) is 0.903. The quantitative estimate of drug-likeness (QED) is 0.723. The first-order valence-electron chi connectivity index (χ1n) is 7.29. The van der Waals surface area contributed by atoms with Crippen LogP contribution in [0.15, 0.2) is 24.3 Å². The van der Waals surface area contributed by atoms with Crippen LogP contribution >= 0.6 is 0 Å². The van der Waals surface area contributed by atoms with E-state index < -0.39 is 5.97 Å². The van der Waals surface area contributed by atoms with Gasteiger partial charge < -0.3 is 15.7 Å². The Labute approximate surface area is 125 Å². The second-order valence-electron chi connectivity index (χ2n) is 5.36. The first-order chi connectivity index (χ1) is 9.93. The van der Waals surface area contributed by atoms with Crippen molar-refractivity contribution in [3.05, 3.63) is 35.4 Å². The molecule has 1 aromatic carbocycles. The van der Waals surface area contributed by atoms with Crippen molar-refractivity contribution in [1.29, 1.82) is 0 Å². The number of nitrogens with one attached hydrogen (secondary N) is 2. The number of hydrogen-bond acceptors (Lipinski definition) is 2. The van der Waals surface area contributed by atoms with E-state index in [2.05, 4.69) is 29.7 Å². The molecule has 0 saturated heterocycles. The van der Waals surface area contributed by atoms with Crippen LogP contribution in [0.25, 0.3) is 0 Å². The normalized spacial score (nSPS) is 12.0. The van der Waals surface area contributed by atoms with Crippen molar-refractivity contribution in [2.24, 2.45) is 5.92 Å². The molecule has 1 atom stereocenters. The van der Waals surface area contributed by atoms with Gasteiger partial charge in [-0.1, -0.05) is 45.0 Å². The molecule has 5 nitrogen and oxygen atoms in total. The van der Waals surface area contributed by atoms with Crippen LogP contribution in [0, 0.1) is 5.92 Å². The summed E-state index contributed by atoms with van der Waals surface area (Å²) < 4.78 is 0. The highest BCUT2D eigenvalue weighted by Gasteiger charge is 2.18. The van der Waals surface area contributed by atoms with Gasteiger partial charge in [-0.2, -0.15) is 0 Å². The molecule has 0 aromatic heterocycles. The minimum Gasteiger partial charge on any atom is -0.481 e. The van der Waals surface area contributed by atoms with Crippen molar-refractivity contribution in [1.82, 2.24) is 10.6 Å². The number of carboxylic acids is 1. The van der Waals surface area contributed by atoms with E-state index in [1.807, 2.05) is 26.0 Å². The second kappa shape index (κ2) is 8.29. The molecule has 0 spiro atoms. The number of aliphatic carboxylic acids is 1. The van der Waals surface area contributed by atoms with E-state index in [1.165, 1.54) is 5.56 Å². The monoisotopic (exact) mass is 292 g/mol. The van der Waals surface area contributed by atoms with Gasteiger partial charge in [0.1, 0.15) is 0 Å². The fourth-order valence-corrected chi connectivity index (χ4v) is 2.07. The first kappa shape index (κ1) is 17.0. The minimum atomic E-state index is -0.925. The SMILES string of the molecule is CCc1ccc(C(NC(=O)NCCC(=O)O)C(C)C)cc1. The van der Waals surface area contributed by atoms with Gasteiger partial charge in [0.05, 0.1) is 12.5 Å². The lowest BCUT2D eigenvalue weighted by Crippen LogP contribution is -2.40. The van der Waals surface area contributed by atoms with Gasteiger partial charge in [-0.3, -0.25) is 4.79 Å². The predicted octanol–water partition coefficient (Wildman–Crippen LogP) is 2.72. The number of amides is 2. The van der Waals surface area contributed by atoms with Crippen LogP contribution in [-0.2, 0) is 11.2 Å². The van der Waals surface area contributed by atoms with Crippen molar-refractivity contribution in [2.45, 2.75) is 39.7 Å². The number of carboxylic acid groups (broad SMARTS) is 1. The maximum absolute atomic E-state index is 11.8. The molecule has 0 bridgehead atoms. The fraction of sp³-hybridized carbons (Fsp3) is 0.500. The largest absolute Gasteiger partial charge is 0.481 e. The maximum atomic E-state index is 11.8. The number of carbonyl (C=O) groups is 2. The van der Waals surface area contributed by atoms with Crippen LogP contribution in [0.2, 0.25) is 0 Å². The summed E-state index contributed by atoms with van der Waals surface area (Å²) in [5, 5.41) is 14.0. The molecule has 0 heterocycles. The van der Waals surface area contributed by atoms with Crippen LogP contribution in [-0.4, -0.2) is 23.7 Å². The van der Waals surface area contributed by atoms with E-state index >= 15 is 0 Å². The maximum Gasteiger partial charge on any atom is 0.315 e. The van der Waals surface area contributed by atoms with Gasteiger partial charge >= 0.3 is 12.0 Å². The summed E-state index contributed by atoms with van der Waals surface area (Å²) in [6.45, 7) is 6.30. The van der Waals surface area contributed by atoms with Gasteiger partial charge in [0, 0.05) is 6.54 Å². The van der Waals surface area contributed by atoms with Crippen molar-refractivity contribution in [3.63, 3.8) is 0 Å². The fourth-order valence-electron chi connectivity index (χ4n) is 2.07. The van der Waals surface area contributed by atoms with Crippen LogP contribution < -0.4 is 10.6 Å². The third kappa shape index (κ3) is 5.85. The molecule has 0 aliphatic carbocycles. The van der Waals surface area contributed by atoms with E-state index in [0.29, 0.717) is 0 Å². The van der Waals surface area contributed by atoms with Gasteiger partial charge in [0.25, 0.3) is 0 Å². The molecule has 21 heavy (non-hydrogen) atoms. The lowest BCUT2D eigenvalue weighted by Gasteiger charge is -2.23. The highest BCUT2D eigenvalue weighted by Crippen LogP contribution is 2.22. The predicted molar refractivity (Wildman–Crippen MR) is 82.2 cm³/mol. The smallest absolute Gasteiger partial charge is 0.315 e. The number of carbonyl (C=O) groups excluding carboxylic acids is 1. The highest BCUT2D eigenvalue weighted by molar-refractivity contribution is 5.75. The van der Waals surface area contributed by atoms with Crippen molar-refractivity contribution in [2.75, 3.05) is 6.54 Å². The Kier molecular flexibility index (Phi) is 6.72. The van der Waals surface area contributed by atoms with E-state index in [4.69, 9.17) is 5.11 Å². The average Bonchev–Trinajstić information content (AvgIpc) is 2.44. The van der Waals surface area contributed by atoms with E-state index in [-0.39, 0.29) is 31.0 Å². The van der Waals surface area contributed by atoms with E-state index in [0.717, 1.165) is 12.0 Å². The molecule has 5 heteroatoms. The second-order valence-corrected chi connectivity index (χ2v) is 5.36. The summed E-state index contributed by atoms with van der Waals surface area (Å²) >= 11 is 0. The number of hydrogen-bond donors (Lipinski definition) is 3. The Morgan fingerprint density at radius 1 is 1.19 bits per heavy atom. The summed E-state index contributed by atoms with van der Waals surface area (Å²) in [5.41, 5.74) is 2.31. The Balaban J connectivity index is 2.64. The summed E-state index contributed by atoms with van der Waals surface area (Å²) in [4.78, 5) is 22.2. The topological polar surface area (TPSA) is 78.4 Å². The van der Waals surface area contributed by atoms with Crippen LogP contribution in [0.5, 0.6) is 0 Å². The Bertz CT molecular complexity index is 469. The summed E-state index contributed by atoms with van der Waals surface area (Å²) in [5.74, 6) is -0.687. The number of rotatable bonds is 7. The van der Waals surface area contributed by atoms with Crippen molar-refractivity contribution < 1.29 is 14.7 Å². The van der Waals surface area contributed by atoms with Crippen molar-refractivity contribution in [3.8, 4) is 0 Å². The molecule has 0 fully saturated rings. The molecule has 2 amide bonds. The third-order valence-electron chi connectivity index (χ3n) is 3.32. The van der Waals surface area contributed by atoms with Gasteiger partial charge in [-0.05, 0) is 23.5 Å². The average molecular weight is 292 g/mol. The molecule has 1 rings (SSSR count). The lowest BCUT2D eigenvalue weighted by atomic mass is 9.95. The Hall–Kier alpha value is -2.04. The minimum absolute atomic E-state index is 0.0784. The number of aryl methyl sites for hydroxylation is 1. The molecule has 0 aliphatic heterocycles. The number of benzene rings is 1. The molecule has 0 saturated carbocycles. The van der Waals surface area contributed by atoms with E-state index in [9.17, 15) is 9.59 Å². The van der Waals surface area contributed by atoms with Gasteiger partial charge in [-0.15, -0.1) is 0 Å². The zero-order valence-electron chi connectivity index (χ0n) is 12.8. The Morgan fingerprint density at radius 3 is 2.29 bits per heavy atom. The van der Waals surface area contributed by atoms with E-state index in [1.54, 1.807) is 0 Å². The molecular formula is C16H24N2O3. The molecule has 1 unspecified atom stereocenters. The molecule has 0 aliphatic rings. The Morgan fingerprint density at radius 2 is 1.81 bits per heavy atom. The molecule has 0 radical (unpaired) electrons. The zero-order chi connectivity index (χ0) is 15.8. The third-order valence-corrected chi connectivity index (χ3v) is 3.32. The van der Waals surface area contributed by atoms with Crippen LogP contribution in [0.4, 0.5) is 4.79 Å². The van der Waals surface area contributed by atoms with Gasteiger partial charge in [0.15, 0.2) is 0 Å². The van der Waals surface area contributed by atoms with Crippen LogP contribution in [0.1, 0.15) is 44.4 Å². The molecular weight excluding hydrogens is 268 g/mol. The first-order valence-corrected chi connectivity index (χ1v) is 7.29. The highest BCUT2D eigenvalue weighted by atomic mass is 16.4. The number of urea groups is 1. The van der Waals surface area contributed by atoms with Gasteiger partial charge in [0.2, 0.25) is 0 Å². The standard InChI is InChI=1S/C16H24N2O3/c1-4-12-5-7-13(8-6-12)15(11(2)3)18-16(21)17-10-9-14(19)20/h5-8,11,15H,4,9-10H2,1-3H3,(H,19,20)(H2,17,18,21).